The second kappa shape index (κ2) is 10.3. The maximum Gasteiger partial charge on any atom is 0.339 e. The number of likely N-dealkylation sites (N-methyl/N-ethyl adjacent to an activating group) is 1. The van der Waals surface area contributed by atoms with Crippen LogP contribution in [0.25, 0.3) is 0 Å². The van der Waals surface area contributed by atoms with Gasteiger partial charge in [0.05, 0.1) is 38.1 Å². The Morgan fingerprint density at radius 2 is 1.59 bits per heavy atom. The van der Waals surface area contributed by atoms with E-state index in [-0.39, 0.29) is 41.9 Å². The molecular formula is C18H26N3O6+. The number of carbonyl (C=O) groups excluding carboxylic acids is 4. The molecule has 1 unspecified atom stereocenters. The largest absolute Gasteiger partial charge is 0.465 e. The van der Waals surface area contributed by atoms with E-state index in [4.69, 9.17) is 4.74 Å². The number of hydrogen-bond donors (Lipinski definition) is 3. The summed E-state index contributed by atoms with van der Waals surface area (Å²) in [5.41, 5.74) is 0.417. The van der Waals surface area contributed by atoms with Crippen molar-refractivity contribution in [1.29, 1.82) is 0 Å². The number of carbonyl (C=O) groups is 4. The molecule has 0 saturated heterocycles. The van der Waals surface area contributed by atoms with Gasteiger partial charge in [0.25, 0.3) is 11.8 Å². The Hall–Kier alpha value is -2.94. The van der Waals surface area contributed by atoms with Crippen LogP contribution in [0.15, 0.2) is 18.2 Å². The summed E-state index contributed by atoms with van der Waals surface area (Å²) < 4.78 is 9.34. The predicted octanol–water partition coefficient (Wildman–Crippen LogP) is -0.762. The number of anilines is 1. The normalized spacial score (nSPS) is 11.5. The monoisotopic (exact) mass is 380 g/mol. The van der Waals surface area contributed by atoms with E-state index in [9.17, 15) is 19.2 Å². The molecule has 0 fully saturated rings. The van der Waals surface area contributed by atoms with Gasteiger partial charge in [0, 0.05) is 6.04 Å². The molecule has 0 aliphatic rings. The topological polar surface area (TPSA) is 115 Å². The average molecular weight is 380 g/mol. The molecular weight excluding hydrogens is 354 g/mol. The lowest BCUT2D eigenvalue weighted by Gasteiger charge is -2.16. The van der Waals surface area contributed by atoms with Crippen LogP contribution in [-0.4, -0.2) is 64.2 Å². The highest BCUT2D eigenvalue weighted by Gasteiger charge is 2.20. The van der Waals surface area contributed by atoms with Gasteiger partial charge < -0.3 is 25.0 Å². The molecule has 1 atom stereocenters. The Morgan fingerprint density at radius 1 is 1.00 bits per heavy atom. The summed E-state index contributed by atoms with van der Waals surface area (Å²) in [7, 11) is 4.15. The van der Waals surface area contributed by atoms with E-state index >= 15 is 0 Å². The molecule has 9 nitrogen and oxygen atoms in total. The Bertz CT molecular complexity index is 717. The molecule has 0 aliphatic carbocycles. The molecule has 0 saturated carbocycles. The second-order valence-electron chi connectivity index (χ2n) is 6.32. The van der Waals surface area contributed by atoms with Crippen molar-refractivity contribution >= 4 is 29.4 Å². The fraction of sp³-hybridized carbons (Fsp3) is 0.444. The van der Waals surface area contributed by atoms with Gasteiger partial charge in [-0.2, -0.15) is 0 Å². The number of rotatable bonds is 8. The van der Waals surface area contributed by atoms with E-state index in [1.54, 1.807) is 7.05 Å². The highest BCUT2D eigenvalue weighted by molar-refractivity contribution is 6.03. The van der Waals surface area contributed by atoms with Crippen molar-refractivity contribution in [3.8, 4) is 0 Å². The van der Waals surface area contributed by atoms with E-state index in [1.807, 2.05) is 13.8 Å². The van der Waals surface area contributed by atoms with E-state index in [0.717, 1.165) is 0 Å². The molecule has 0 aromatic heterocycles. The van der Waals surface area contributed by atoms with Gasteiger partial charge in [0.1, 0.15) is 0 Å². The zero-order chi connectivity index (χ0) is 20.6. The highest BCUT2D eigenvalue weighted by atomic mass is 16.5. The Morgan fingerprint density at radius 3 is 2.15 bits per heavy atom. The van der Waals surface area contributed by atoms with E-state index < -0.39 is 17.8 Å². The molecule has 148 valence electrons. The van der Waals surface area contributed by atoms with E-state index in [2.05, 4.69) is 15.4 Å². The summed E-state index contributed by atoms with van der Waals surface area (Å²) in [6.07, 6.45) is 0. The molecule has 0 bridgehead atoms. The van der Waals surface area contributed by atoms with Gasteiger partial charge in [-0.3, -0.25) is 9.59 Å². The third kappa shape index (κ3) is 7.06. The Balaban J connectivity index is 2.88. The zero-order valence-electron chi connectivity index (χ0n) is 16.2. The van der Waals surface area contributed by atoms with Crippen molar-refractivity contribution in [1.82, 2.24) is 5.32 Å². The smallest absolute Gasteiger partial charge is 0.339 e. The number of ether oxygens (including phenoxy) is 2. The summed E-state index contributed by atoms with van der Waals surface area (Å²) in [6, 6.07) is 4.14. The summed E-state index contributed by atoms with van der Waals surface area (Å²) in [5, 5.41) is 5.34. The summed E-state index contributed by atoms with van der Waals surface area (Å²) in [4.78, 5) is 48.3. The number of benzene rings is 1. The van der Waals surface area contributed by atoms with Crippen LogP contribution in [0.1, 0.15) is 34.6 Å². The molecule has 0 radical (unpaired) electrons. The molecule has 1 aromatic carbocycles. The van der Waals surface area contributed by atoms with Gasteiger partial charge in [-0.1, -0.05) is 0 Å². The zero-order valence-corrected chi connectivity index (χ0v) is 16.2. The van der Waals surface area contributed by atoms with E-state index in [0.29, 0.717) is 4.90 Å². The van der Waals surface area contributed by atoms with Crippen LogP contribution in [-0.2, 0) is 19.1 Å². The van der Waals surface area contributed by atoms with Crippen molar-refractivity contribution < 1.29 is 33.6 Å². The predicted molar refractivity (Wildman–Crippen MR) is 97.7 cm³/mol. The van der Waals surface area contributed by atoms with Crippen molar-refractivity contribution in [2.75, 3.05) is 39.7 Å². The fourth-order valence-corrected chi connectivity index (χ4v) is 2.36. The minimum Gasteiger partial charge on any atom is -0.465 e. The first-order valence-electron chi connectivity index (χ1n) is 8.39. The van der Waals surface area contributed by atoms with Crippen LogP contribution in [0.5, 0.6) is 0 Å². The molecule has 1 aromatic rings. The first-order valence-corrected chi connectivity index (χ1v) is 8.39. The number of methoxy groups -OCH3 is 2. The Kier molecular flexibility index (Phi) is 8.40. The highest BCUT2D eigenvalue weighted by Crippen LogP contribution is 2.19. The van der Waals surface area contributed by atoms with Crippen LogP contribution in [0.4, 0.5) is 5.69 Å². The lowest BCUT2D eigenvalue weighted by atomic mass is 10.1. The third-order valence-corrected chi connectivity index (χ3v) is 3.49. The first kappa shape index (κ1) is 22.1. The number of nitrogens with one attached hydrogen (secondary N) is 3. The number of amides is 2. The second-order valence-corrected chi connectivity index (χ2v) is 6.32. The SMILES string of the molecule is COC(=O)c1ccc(C(=O)OC)c(NC(=O)C[NH+](C)CC(=O)NC(C)C)c1. The molecule has 0 spiro atoms. The molecule has 0 heterocycles. The maximum absolute atomic E-state index is 12.3. The van der Waals surface area contributed by atoms with Crippen molar-refractivity contribution in [3.05, 3.63) is 29.3 Å². The lowest BCUT2D eigenvalue weighted by molar-refractivity contribution is -0.862. The number of quaternary nitrogens is 1. The molecule has 27 heavy (non-hydrogen) atoms. The summed E-state index contributed by atoms with van der Waals surface area (Å²) >= 11 is 0. The van der Waals surface area contributed by atoms with Crippen LogP contribution < -0.4 is 15.5 Å². The van der Waals surface area contributed by atoms with Gasteiger partial charge in [-0.05, 0) is 32.0 Å². The number of hydrogen-bond acceptors (Lipinski definition) is 6. The van der Waals surface area contributed by atoms with Crippen LogP contribution >= 0.6 is 0 Å². The molecule has 0 aliphatic heterocycles. The van der Waals surface area contributed by atoms with E-state index in [1.165, 1.54) is 32.4 Å². The third-order valence-electron chi connectivity index (χ3n) is 3.49. The standard InChI is InChI=1S/C18H25N3O6/c1-11(2)19-15(22)9-21(3)10-16(23)20-14-8-12(17(24)26-4)6-7-13(14)18(25)27-5/h6-8,11H,9-10H2,1-5H3,(H,19,22)(H,20,23)/p+1. The van der Waals surface area contributed by atoms with Crippen molar-refractivity contribution in [2.45, 2.75) is 19.9 Å². The van der Waals surface area contributed by atoms with Crippen molar-refractivity contribution in [2.24, 2.45) is 0 Å². The quantitative estimate of drug-likeness (QED) is 0.511. The maximum atomic E-state index is 12.3. The minimum absolute atomic E-state index is 0.00538. The molecule has 3 N–H and O–H groups in total. The first-order chi connectivity index (χ1) is 12.7. The van der Waals surface area contributed by atoms with Gasteiger partial charge >= 0.3 is 11.9 Å². The summed E-state index contributed by atoms with van der Waals surface area (Å²) in [5.74, 6) is -1.84. The summed E-state index contributed by atoms with van der Waals surface area (Å²) in [6.45, 7) is 3.82. The van der Waals surface area contributed by atoms with Gasteiger partial charge in [0.2, 0.25) is 0 Å². The lowest BCUT2D eigenvalue weighted by Crippen LogP contribution is -3.11. The minimum atomic E-state index is -0.654. The molecule has 2 amide bonds. The van der Waals surface area contributed by atoms with Crippen LogP contribution in [0, 0.1) is 0 Å². The fourth-order valence-electron chi connectivity index (χ4n) is 2.36. The molecule has 9 heteroatoms. The average Bonchev–Trinajstić information content (AvgIpc) is 2.59. The van der Waals surface area contributed by atoms with Gasteiger partial charge in [-0.15, -0.1) is 0 Å². The van der Waals surface area contributed by atoms with Crippen molar-refractivity contribution in [3.63, 3.8) is 0 Å². The molecule has 1 rings (SSSR count). The van der Waals surface area contributed by atoms with Gasteiger partial charge in [-0.25, -0.2) is 9.59 Å². The van der Waals surface area contributed by atoms with Crippen LogP contribution in [0.2, 0.25) is 0 Å². The number of esters is 2. The van der Waals surface area contributed by atoms with Gasteiger partial charge in [0.15, 0.2) is 13.1 Å². The Labute approximate surface area is 158 Å². The van der Waals surface area contributed by atoms with Crippen LogP contribution in [0.3, 0.4) is 0 Å².